The Morgan fingerprint density at radius 1 is 1.00 bits per heavy atom. The van der Waals surface area contributed by atoms with E-state index in [1.165, 1.54) is 0 Å². The fourth-order valence-corrected chi connectivity index (χ4v) is 4.80. The van der Waals surface area contributed by atoms with Gasteiger partial charge in [-0.1, -0.05) is 6.42 Å². The molecule has 0 aromatic carbocycles. The zero-order valence-corrected chi connectivity index (χ0v) is 12.6. The number of alkyl halides is 1. The summed E-state index contributed by atoms with van der Waals surface area (Å²) in [6.07, 6.45) is 4.91. The van der Waals surface area contributed by atoms with Crippen molar-refractivity contribution in [2.24, 2.45) is 5.92 Å². The van der Waals surface area contributed by atoms with Gasteiger partial charge in [0.05, 0.1) is 0 Å². The molecule has 0 saturated carbocycles. The smallest absolute Gasteiger partial charge is 0.195 e. The molecule has 6 heteroatoms. The number of rotatable bonds is 3. The van der Waals surface area contributed by atoms with Crippen molar-refractivity contribution < 1.29 is 8.42 Å². The van der Waals surface area contributed by atoms with Crippen molar-refractivity contribution in [1.29, 1.82) is 0 Å². The maximum absolute atomic E-state index is 12.4. The van der Waals surface area contributed by atoms with Gasteiger partial charge >= 0.3 is 0 Å². The van der Waals surface area contributed by atoms with E-state index >= 15 is 0 Å². The molecule has 2 aliphatic rings. The van der Waals surface area contributed by atoms with Gasteiger partial charge in [-0.05, 0) is 38.5 Å². The SMILES string of the molecule is CC(Cl)C1CCN(S(=O)(=O)N2CCCCC2)CC1. The Morgan fingerprint density at radius 3 is 2.00 bits per heavy atom. The number of piperidine rings is 2. The van der Waals surface area contributed by atoms with Crippen LogP contribution in [0.4, 0.5) is 0 Å². The predicted octanol–water partition coefficient (Wildman–Crippen LogP) is 2.06. The third-order valence-electron chi connectivity index (χ3n) is 4.12. The van der Waals surface area contributed by atoms with Crippen molar-refractivity contribution in [2.75, 3.05) is 26.2 Å². The summed E-state index contributed by atoms with van der Waals surface area (Å²) in [4.78, 5) is 0. The van der Waals surface area contributed by atoms with E-state index in [0.717, 1.165) is 32.1 Å². The third-order valence-corrected chi connectivity index (χ3v) is 6.51. The van der Waals surface area contributed by atoms with Crippen LogP contribution in [0.25, 0.3) is 0 Å². The molecule has 2 rings (SSSR count). The average molecular weight is 295 g/mol. The van der Waals surface area contributed by atoms with Crippen molar-refractivity contribution in [2.45, 2.75) is 44.4 Å². The molecule has 0 bridgehead atoms. The summed E-state index contributed by atoms with van der Waals surface area (Å²) in [5.41, 5.74) is 0. The summed E-state index contributed by atoms with van der Waals surface area (Å²) >= 11 is 6.09. The van der Waals surface area contributed by atoms with Gasteiger partial charge < -0.3 is 0 Å². The zero-order valence-electron chi connectivity index (χ0n) is 11.0. The molecule has 1 unspecified atom stereocenters. The highest BCUT2D eigenvalue weighted by atomic mass is 35.5. The molecular formula is C12H23ClN2O2S. The van der Waals surface area contributed by atoms with E-state index in [0.29, 0.717) is 32.1 Å². The van der Waals surface area contributed by atoms with Crippen molar-refractivity contribution in [3.8, 4) is 0 Å². The van der Waals surface area contributed by atoms with Gasteiger partial charge in [0.2, 0.25) is 0 Å². The fourth-order valence-electron chi connectivity index (χ4n) is 2.82. The largest absolute Gasteiger partial charge is 0.281 e. The summed E-state index contributed by atoms with van der Waals surface area (Å²) in [7, 11) is -3.21. The minimum absolute atomic E-state index is 0.143. The first-order chi connectivity index (χ1) is 8.51. The molecule has 0 spiro atoms. The maximum atomic E-state index is 12.4. The van der Waals surface area contributed by atoms with Crippen molar-refractivity contribution in [3.05, 3.63) is 0 Å². The Labute approximate surface area is 115 Å². The summed E-state index contributed by atoms with van der Waals surface area (Å²) < 4.78 is 28.2. The van der Waals surface area contributed by atoms with Crippen LogP contribution >= 0.6 is 11.6 Å². The summed E-state index contributed by atoms with van der Waals surface area (Å²) in [6, 6.07) is 0. The van der Waals surface area contributed by atoms with Gasteiger partial charge in [-0.15, -0.1) is 11.6 Å². The normalized spacial score (nSPS) is 27.2. The van der Waals surface area contributed by atoms with Crippen LogP contribution in [-0.4, -0.2) is 48.6 Å². The second-order valence-electron chi connectivity index (χ2n) is 5.38. The van der Waals surface area contributed by atoms with Crippen LogP contribution in [-0.2, 0) is 10.2 Å². The molecule has 4 nitrogen and oxygen atoms in total. The molecule has 106 valence electrons. The quantitative estimate of drug-likeness (QED) is 0.748. The van der Waals surface area contributed by atoms with E-state index in [-0.39, 0.29) is 5.38 Å². The Balaban J connectivity index is 1.95. The molecule has 2 aliphatic heterocycles. The predicted molar refractivity (Wildman–Crippen MR) is 74.0 cm³/mol. The van der Waals surface area contributed by atoms with E-state index in [1.54, 1.807) is 8.61 Å². The van der Waals surface area contributed by atoms with E-state index in [9.17, 15) is 8.42 Å². The highest BCUT2D eigenvalue weighted by Crippen LogP contribution is 2.27. The molecular weight excluding hydrogens is 272 g/mol. The highest BCUT2D eigenvalue weighted by molar-refractivity contribution is 7.86. The fraction of sp³-hybridized carbons (Fsp3) is 1.00. The van der Waals surface area contributed by atoms with Gasteiger partial charge in [-0.3, -0.25) is 0 Å². The summed E-state index contributed by atoms with van der Waals surface area (Å²) in [5, 5.41) is 0.143. The molecule has 1 atom stereocenters. The maximum Gasteiger partial charge on any atom is 0.281 e. The number of hydrogen-bond donors (Lipinski definition) is 0. The first kappa shape index (κ1) is 14.6. The molecule has 0 radical (unpaired) electrons. The summed E-state index contributed by atoms with van der Waals surface area (Å²) in [6.45, 7) is 4.63. The van der Waals surface area contributed by atoms with Crippen LogP contribution in [0, 0.1) is 5.92 Å². The minimum Gasteiger partial charge on any atom is -0.195 e. The molecule has 0 aromatic rings. The van der Waals surface area contributed by atoms with Crippen LogP contribution in [0.2, 0.25) is 0 Å². The van der Waals surface area contributed by atoms with Crippen LogP contribution in [0.5, 0.6) is 0 Å². The van der Waals surface area contributed by atoms with Gasteiger partial charge in [0.15, 0.2) is 0 Å². The van der Waals surface area contributed by atoms with Crippen molar-refractivity contribution in [1.82, 2.24) is 8.61 Å². The lowest BCUT2D eigenvalue weighted by molar-refractivity contribution is 0.243. The second-order valence-corrected chi connectivity index (χ2v) is 8.00. The number of hydrogen-bond acceptors (Lipinski definition) is 2. The molecule has 2 fully saturated rings. The van der Waals surface area contributed by atoms with Gasteiger partial charge in [0.25, 0.3) is 10.2 Å². The molecule has 18 heavy (non-hydrogen) atoms. The molecule has 0 aliphatic carbocycles. The first-order valence-corrected chi connectivity index (χ1v) is 8.74. The summed E-state index contributed by atoms with van der Waals surface area (Å²) in [5.74, 6) is 0.458. The highest BCUT2D eigenvalue weighted by Gasteiger charge is 2.34. The monoisotopic (exact) mass is 294 g/mol. The molecule has 0 amide bonds. The van der Waals surface area contributed by atoms with Crippen LogP contribution in [0.3, 0.4) is 0 Å². The zero-order chi connectivity index (χ0) is 13.2. The van der Waals surface area contributed by atoms with E-state index in [2.05, 4.69) is 0 Å². The van der Waals surface area contributed by atoms with Crippen LogP contribution < -0.4 is 0 Å². The van der Waals surface area contributed by atoms with Crippen molar-refractivity contribution in [3.63, 3.8) is 0 Å². The molecule has 2 heterocycles. The standard InChI is InChI=1S/C12H23ClN2O2S/c1-11(13)12-5-9-15(10-6-12)18(16,17)14-7-3-2-4-8-14/h11-12H,2-10H2,1H3. The van der Waals surface area contributed by atoms with E-state index < -0.39 is 10.2 Å². The third kappa shape index (κ3) is 3.18. The van der Waals surface area contributed by atoms with Crippen molar-refractivity contribution >= 4 is 21.8 Å². The lowest BCUT2D eigenvalue weighted by Gasteiger charge is -2.36. The Bertz CT molecular complexity index is 358. The average Bonchev–Trinajstić information content (AvgIpc) is 2.40. The molecule has 0 N–H and O–H groups in total. The lowest BCUT2D eigenvalue weighted by Crippen LogP contribution is -2.49. The minimum atomic E-state index is -3.21. The van der Waals surface area contributed by atoms with Gasteiger partial charge in [0, 0.05) is 31.6 Å². The van der Waals surface area contributed by atoms with Crippen LogP contribution in [0.15, 0.2) is 0 Å². The second kappa shape index (κ2) is 6.07. The topological polar surface area (TPSA) is 40.6 Å². The van der Waals surface area contributed by atoms with Gasteiger partial charge in [-0.25, -0.2) is 0 Å². The van der Waals surface area contributed by atoms with E-state index in [1.807, 2.05) is 6.92 Å². The Morgan fingerprint density at radius 2 is 1.50 bits per heavy atom. The Hall–Kier alpha value is 0.160. The first-order valence-electron chi connectivity index (χ1n) is 6.91. The van der Waals surface area contributed by atoms with Gasteiger partial charge in [0.1, 0.15) is 0 Å². The molecule has 0 aromatic heterocycles. The Kier molecular flexibility index (Phi) is 4.92. The number of halogens is 1. The van der Waals surface area contributed by atoms with E-state index in [4.69, 9.17) is 11.6 Å². The number of nitrogens with zero attached hydrogens (tertiary/aromatic N) is 2. The van der Waals surface area contributed by atoms with Crippen LogP contribution in [0.1, 0.15) is 39.0 Å². The lowest BCUT2D eigenvalue weighted by atomic mass is 9.95. The molecule has 2 saturated heterocycles. The van der Waals surface area contributed by atoms with Gasteiger partial charge in [-0.2, -0.15) is 17.0 Å².